The minimum absolute atomic E-state index is 0.277. The van der Waals surface area contributed by atoms with Crippen molar-refractivity contribution in [1.82, 2.24) is 9.88 Å². The van der Waals surface area contributed by atoms with Crippen LogP contribution >= 0.6 is 11.3 Å². The second-order valence-corrected chi connectivity index (χ2v) is 8.48. The first-order valence-corrected chi connectivity index (χ1v) is 9.96. The molecule has 144 valence electrons. The van der Waals surface area contributed by atoms with Crippen molar-refractivity contribution in [2.75, 3.05) is 18.4 Å². The Bertz CT molecular complexity index is 881. The van der Waals surface area contributed by atoms with Gasteiger partial charge in [0, 0.05) is 19.5 Å². The lowest BCUT2D eigenvalue weighted by Gasteiger charge is -2.36. The van der Waals surface area contributed by atoms with Crippen molar-refractivity contribution >= 4 is 22.5 Å². The number of nitrogens with two attached hydrogens (primary N) is 1. The van der Waals surface area contributed by atoms with Gasteiger partial charge in [-0.2, -0.15) is 0 Å². The van der Waals surface area contributed by atoms with Gasteiger partial charge in [-0.3, -0.25) is 0 Å². The van der Waals surface area contributed by atoms with Crippen molar-refractivity contribution in [3.63, 3.8) is 0 Å². The number of carbonyl (C=O) groups is 1. The Morgan fingerprint density at radius 3 is 2.93 bits per heavy atom. The van der Waals surface area contributed by atoms with Crippen molar-refractivity contribution in [1.29, 1.82) is 0 Å². The van der Waals surface area contributed by atoms with Crippen LogP contribution in [0.1, 0.15) is 47.0 Å². The number of benzene rings is 1. The number of aryl methyl sites for hydroxylation is 1. The van der Waals surface area contributed by atoms with E-state index in [0.717, 1.165) is 40.5 Å². The molecule has 1 aliphatic carbocycles. The number of urea groups is 1. The van der Waals surface area contributed by atoms with E-state index < -0.39 is 11.6 Å². The molecule has 27 heavy (non-hydrogen) atoms. The van der Waals surface area contributed by atoms with E-state index >= 15 is 0 Å². The Balaban J connectivity index is 1.66. The quantitative estimate of drug-likeness (QED) is 0.749. The lowest BCUT2D eigenvalue weighted by Crippen LogP contribution is -2.43. The van der Waals surface area contributed by atoms with E-state index in [1.54, 1.807) is 24.0 Å². The average molecular weight is 390 g/mol. The van der Waals surface area contributed by atoms with E-state index in [9.17, 15) is 14.3 Å². The molecule has 4 rings (SSSR count). The first-order chi connectivity index (χ1) is 12.9. The van der Waals surface area contributed by atoms with Crippen LogP contribution in [0.15, 0.2) is 18.2 Å². The molecule has 1 aromatic heterocycles. The number of amides is 2. The topological polar surface area (TPSA) is 91.5 Å². The van der Waals surface area contributed by atoms with E-state index in [1.807, 2.05) is 0 Å². The summed E-state index contributed by atoms with van der Waals surface area (Å²) in [6, 6.07) is 4.01. The minimum Gasteiger partial charge on any atom is -0.388 e. The Morgan fingerprint density at radius 1 is 1.52 bits per heavy atom. The van der Waals surface area contributed by atoms with Gasteiger partial charge in [0.2, 0.25) is 0 Å². The van der Waals surface area contributed by atoms with E-state index in [-0.39, 0.29) is 11.9 Å². The minimum atomic E-state index is -0.640. The first kappa shape index (κ1) is 18.2. The number of thiazole rings is 1. The molecule has 2 amide bonds. The summed E-state index contributed by atoms with van der Waals surface area (Å²) < 4.78 is 13.7. The second kappa shape index (κ2) is 6.76. The van der Waals surface area contributed by atoms with Crippen LogP contribution in [-0.2, 0) is 6.42 Å². The summed E-state index contributed by atoms with van der Waals surface area (Å²) in [5.74, 6) is -0.277. The van der Waals surface area contributed by atoms with Crippen LogP contribution in [0.3, 0.4) is 0 Å². The fraction of sp³-hybridized carbons (Fsp3) is 0.474. The van der Waals surface area contributed by atoms with Gasteiger partial charge in [0.1, 0.15) is 5.82 Å². The predicted molar refractivity (Wildman–Crippen MR) is 102 cm³/mol. The van der Waals surface area contributed by atoms with Crippen molar-refractivity contribution in [2.24, 2.45) is 5.73 Å². The molecule has 2 aliphatic rings. The third-order valence-corrected chi connectivity index (χ3v) is 6.62. The molecule has 1 atom stereocenters. The Hall–Kier alpha value is -2.19. The van der Waals surface area contributed by atoms with Gasteiger partial charge >= 0.3 is 6.03 Å². The van der Waals surface area contributed by atoms with Gasteiger partial charge in [-0.05, 0) is 43.4 Å². The monoisotopic (exact) mass is 390 g/mol. The zero-order chi connectivity index (χ0) is 19.2. The van der Waals surface area contributed by atoms with E-state index in [4.69, 9.17) is 5.73 Å². The summed E-state index contributed by atoms with van der Waals surface area (Å²) in [5, 5.41) is 14.3. The highest BCUT2D eigenvalue weighted by Gasteiger charge is 2.36. The van der Waals surface area contributed by atoms with E-state index in [0.29, 0.717) is 25.1 Å². The van der Waals surface area contributed by atoms with Gasteiger partial charge in [-0.1, -0.05) is 23.5 Å². The smallest absolute Gasteiger partial charge is 0.315 e. The third-order valence-electron chi connectivity index (χ3n) is 5.51. The average Bonchev–Trinajstić information content (AvgIpc) is 3.03. The lowest BCUT2D eigenvalue weighted by atomic mass is 9.80. The molecule has 8 heteroatoms. The van der Waals surface area contributed by atoms with Gasteiger partial charge < -0.3 is 21.1 Å². The maximum absolute atomic E-state index is 13.7. The molecule has 1 aliphatic heterocycles. The number of aromatic nitrogens is 1. The molecule has 2 aromatic rings. The standard InChI is InChI=1S/C19H23FN4O2S/c1-11-9-12(3-4-13(11)20)15-16-14(5-8-24(15)17(21)25)23-18(27-16)22-10-19(26)6-2-7-19/h3-4,9,15,26H,2,5-8,10H2,1H3,(H2,21,25)(H,22,23). The van der Waals surface area contributed by atoms with Gasteiger partial charge in [0.25, 0.3) is 0 Å². The second-order valence-electron chi connectivity index (χ2n) is 7.45. The molecule has 6 nitrogen and oxygen atoms in total. The van der Waals surface area contributed by atoms with Crippen molar-refractivity contribution in [3.05, 3.63) is 45.7 Å². The van der Waals surface area contributed by atoms with Gasteiger partial charge in [0.15, 0.2) is 5.13 Å². The van der Waals surface area contributed by atoms with Gasteiger partial charge in [-0.15, -0.1) is 0 Å². The Kier molecular flexibility index (Phi) is 4.55. The van der Waals surface area contributed by atoms with Crippen molar-refractivity contribution < 1.29 is 14.3 Å². The number of fused-ring (bicyclic) bond motifs is 1. The number of anilines is 1. The van der Waals surface area contributed by atoms with Crippen LogP contribution in [0.2, 0.25) is 0 Å². The predicted octanol–water partition coefficient (Wildman–Crippen LogP) is 2.94. The normalized spacial score (nSPS) is 20.7. The highest BCUT2D eigenvalue weighted by atomic mass is 32.1. The summed E-state index contributed by atoms with van der Waals surface area (Å²) in [6.07, 6.45) is 3.28. The molecule has 2 heterocycles. The fourth-order valence-corrected chi connectivity index (χ4v) is 4.89. The van der Waals surface area contributed by atoms with Crippen molar-refractivity contribution in [3.8, 4) is 0 Å². The van der Waals surface area contributed by atoms with E-state index in [2.05, 4.69) is 10.3 Å². The molecule has 1 saturated carbocycles. The van der Waals surface area contributed by atoms with Crippen LogP contribution < -0.4 is 11.1 Å². The number of carbonyl (C=O) groups excluding carboxylic acids is 1. The maximum Gasteiger partial charge on any atom is 0.315 e. The number of nitrogens with one attached hydrogen (secondary N) is 1. The highest BCUT2D eigenvalue weighted by Crippen LogP contribution is 2.41. The summed E-state index contributed by atoms with van der Waals surface area (Å²) in [5.41, 5.74) is 7.25. The third kappa shape index (κ3) is 3.39. The molecule has 0 bridgehead atoms. The van der Waals surface area contributed by atoms with Gasteiger partial charge in [0.05, 0.1) is 22.2 Å². The highest BCUT2D eigenvalue weighted by molar-refractivity contribution is 7.15. The molecule has 0 saturated heterocycles. The van der Waals surface area contributed by atoms with Crippen LogP contribution in [0.5, 0.6) is 0 Å². The number of hydrogen-bond acceptors (Lipinski definition) is 5. The van der Waals surface area contributed by atoms with Crippen molar-refractivity contribution in [2.45, 2.75) is 44.2 Å². The molecular formula is C19H23FN4O2S. The lowest BCUT2D eigenvalue weighted by molar-refractivity contribution is -0.0202. The Morgan fingerprint density at radius 2 is 2.30 bits per heavy atom. The largest absolute Gasteiger partial charge is 0.388 e. The molecule has 1 unspecified atom stereocenters. The number of aliphatic hydroxyl groups is 1. The summed E-state index contributed by atoms with van der Waals surface area (Å²) in [6.45, 7) is 2.64. The molecule has 0 radical (unpaired) electrons. The van der Waals surface area contributed by atoms with Gasteiger partial charge in [-0.25, -0.2) is 14.2 Å². The van der Waals surface area contributed by atoms with Crippen LogP contribution in [-0.4, -0.2) is 39.7 Å². The summed E-state index contributed by atoms with van der Waals surface area (Å²) >= 11 is 1.47. The summed E-state index contributed by atoms with van der Waals surface area (Å²) in [4.78, 5) is 19.2. The number of nitrogens with zero attached hydrogens (tertiary/aromatic N) is 2. The first-order valence-electron chi connectivity index (χ1n) is 9.14. The number of primary amides is 1. The Labute approximate surface area is 161 Å². The number of rotatable bonds is 4. The molecule has 1 aromatic carbocycles. The zero-order valence-corrected chi connectivity index (χ0v) is 16.0. The fourth-order valence-electron chi connectivity index (χ4n) is 3.74. The number of halogens is 1. The molecule has 4 N–H and O–H groups in total. The molecular weight excluding hydrogens is 367 g/mol. The van der Waals surface area contributed by atoms with Crippen LogP contribution in [0.25, 0.3) is 0 Å². The maximum atomic E-state index is 13.7. The van der Waals surface area contributed by atoms with E-state index in [1.165, 1.54) is 17.4 Å². The molecule has 1 fully saturated rings. The number of hydrogen-bond donors (Lipinski definition) is 3. The van der Waals surface area contributed by atoms with Crippen LogP contribution in [0.4, 0.5) is 14.3 Å². The molecule has 0 spiro atoms. The zero-order valence-electron chi connectivity index (χ0n) is 15.2. The summed E-state index contributed by atoms with van der Waals surface area (Å²) in [7, 11) is 0. The van der Waals surface area contributed by atoms with Crippen LogP contribution in [0, 0.1) is 12.7 Å². The SMILES string of the molecule is Cc1cc(C2c3sc(NCC4(O)CCC4)nc3CCN2C(N)=O)ccc1F.